The molecule has 0 saturated carbocycles. The molecule has 0 bridgehead atoms. The van der Waals surface area contributed by atoms with Gasteiger partial charge in [-0.25, -0.2) is 4.79 Å². The second-order valence-electron chi connectivity index (χ2n) is 4.75. The highest BCUT2D eigenvalue weighted by Gasteiger charge is 2.38. The smallest absolute Gasteiger partial charge is 0.386 e. The van der Waals surface area contributed by atoms with Crippen LogP contribution in [0.1, 0.15) is 19.8 Å². The molecular weight excluding hydrogens is 298 g/mol. The van der Waals surface area contributed by atoms with Gasteiger partial charge in [0, 0.05) is 31.9 Å². The third-order valence-electron chi connectivity index (χ3n) is 3.06. The molecule has 2 N–H and O–H groups in total. The quantitative estimate of drug-likeness (QED) is 0.288. The van der Waals surface area contributed by atoms with Crippen LogP contribution >= 0.6 is 0 Å². The van der Waals surface area contributed by atoms with Crippen molar-refractivity contribution < 1.29 is 18.4 Å². The van der Waals surface area contributed by atoms with Gasteiger partial charge in [-0.1, -0.05) is 43.8 Å². The van der Waals surface area contributed by atoms with E-state index in [9.17, 15) is 4.79 Å². The Labute approximate surface area is 133 Å². The molecule has 1 aromatic carbocycles. The molecule has 122 valence electrons. The van der Waals surface area contributed by atoms with Crippen molar-refractivity contribution in [1.82, 2.24) is 0 Å². The second kappa shape index (κ2) is 10.3. The van der Waals surface area contributed by atoms with Crippen LogP contribution in [0.5, 0.6) is 0 Å². The lowest BCUT2D eigenvalue weighted by atomic mass is 10.4. The Morgan fingerprint density at radius 1 is 1.23 bits per heavy atom. The molecule has 6 heteroatoms. The van der Waals surface area contributed by atoms with Gasteiger partial charge in [0.2, 0.25) is 0 Å². The maximum atomic E-state index is 11.0. The number of carbonyl (C=O) groups is 1. The predicted octanol–water partition coefficient (Wildman–Crippen LogP) is 1.40. The highest BCUT2D eigenvalue weighted by molar-refractivity contribution is 6.81. The van der Waals surface area contributed by atoms with Crippen molar-refractivity contribution >= 4 is 19.7 Å². The third kappa shape index (κ3) is 5.73. The molecule has 0 aliphatic rings. The molecule has 0 amide bonds. The van der Waals surface area contributed by atoms with Gasteiger partial charge in [-0.05, 0) is 11.6 Å². The average molecular weight is 323 g/mol. The van der Waals surface area contributed by atoms with Crippen LogP contribution in [0.3, 0.4) is 0 Å². The summed E-state index contributed by atoms with van der Waals surface area (Å²) in [7, 11) is -2.63. The van der Waals surface area contributed by atoms with Crippen molar-refractivity contribution in [2.24, 2.45) is 5.73 Å². The summed E-state index contributed by atoms with van der Waals surface area (Å²) in [5.74, 6) is -0.423. The largest absolute Gasteiger partial charge is 0.462 e. The number of rotatable bonds is 11. The molecule has 0 aliphatic carbocycles. The normalized spacial score (nSPS) is 13.4. The number of nitrogens with two attached hydrogens (primary N) is 1. The standard InChI is InChI=1S/C16H25NO4Si/c1-3-11-20-22(14-17,15-9-6-5-7-10-15)21-13-8-12-19-16(18)4-2/h4-7,9-10H,2-3,8,11-14,17H2,1H3. The summed E-state index contributed by atoms with van der Waals surface area (Å²) < 4.78 is 17.0. The van der Waals surface area contributed by atoms with E-state index in [4.69, 9.17) is 19.3 Å². The highest BCUT2D eigenvalue weighted by Crippen LogP contribution is 2.09. The van der Waals surface area contributed by atoms with Crippen LogP contribution in [0.15, 0.2) is 43.0 Å². The summed E-state index contributed by atoms with van der Waals surface area (Å²) in [6.07, 6.45) is 3.00. The Morgan fingerprint density at radius 2 is 1.91 bits per heavy atom. The maximum absolute atomic E-state index is 11.0. The first-order valence-corrected chi connectivity index (χ1v) is 9.53. The van der Waals surface area contributed by atoms with E-state index in [1.54, 1.807) is 0 Å². The minimum Gasteiger partial charge on any atom is -0.462 e. The van der Waals surface area contributed by atoms with E-state index in [0.29, 0.717) is 32.4 Å². The van der Waals surface area contributed by atoms with E-state index in [2.05, 4.69) is 13.5 Å². The minimum absolute atomic E-state index is 0.294. The van der Waals surface area contributed by atoms with Crippen molar-refractivity contribution in [3.8, 4) is 0 Å². The first kappa shape index (κ1) is 18.6. The molecule has 1 unspecified atom stereocenters. The van der Waals surface area contributed by atoms with E-state index < -0.39 is 14.5 Å². The van der Waals surface area contributed by atoms with Crippen LogP contribution in [0.25, 0.3) is 0 Å². The highest BCUT2D eigenvalue weighted by atomic mass is 28.4. The number of ether oxygens (including phenoxy) is 1. The fourth-order valence-electron chi connectivity index (χ4n) is 1.93. The molecule has 0 saturated heterocycles. The Balaban J connectivity index is 2.62. The number of benzene rings is 1. The molecule has 1 rings (SSSR count). The summed E-state index contributed by atoms with van der Waals surface area (Å²) >= 11 is 0. The molecule has 22 heavy (non-hydrogen) atoms. The van der Waals surface area contributed by atoms with E-state index in [1.165, 1.54) is 0 Å². The second-order valence-corrected chi connectivity index (χ2v) is 7.81. The van der Waals surface area contributed by atoms with Gasteiger partial charge < -0.3 is 19.3 Å². The van der Waals surface area contributed by atoms with Gasteiger partial charge >= 0.3 is 14.5 Å². The van der Waals surface area contributed by atoms with E-state index in [0.717, 1.165) is 17.7 Å². The molecule has 0 fully saturated rings. The third-order valence-corrected chi connectivity index (χ3v) is 6.15. The topological polar surface area (TPSA) is 70.8 Å². The van der Waals surface area contributed by atoms with Gasteiger partial charge in [-0.3, -0.25) is 0 Å². The Morgan fingerprint density at radius 3 is 2.50 bits per heavy atom. The number of esters is 1. The van der Waals surface area contributed by atoms with Crippen LogP contribution in [0.2, 0.25) is 0 Å². The fraction of sp³-hybridized carbons (Fsp3) is 0.438. The lowest BCUT2D eigenvalue weighted by molar-refractivity contribution is -0.137. The fourth-order valence-corrected chi connectivity index (χ4v) is 4.53. The van der Waals surface area contributed by atoms with Gasteiger partial charge in [0.1, 0.15) is 0 Å². The molecule has 0 radical (unpaired) electrons. The monoisotopic (exact) mass is 323 g/mol. The first-order chi connectivity index (χ1) is 10.7. The van der Waals surface area contributed by atoms with E-state index in [1.807, 2.05) is 30.3 Å². The number of hydrogen-bond donors (Lipinski definition) is 1. The zero-order chi connectivity index (χ0) is 16.3. The number of hydrogen-bond acceptors (Lipinski definition) is 5. The van der Waals surface area contributed by atoms with Crippen molar-refractivity contribution in [1.29, 1.82) is 0 Å². The summed E-state index contributed by atoms with van der Waals surface area (Å²) in [6.45, 7) is 6.75. The van der Waals surface area contributed by atoms with Crippen molar-refractivity contribution in [2.45, 2.75) is 19.8 Å². The Bertz CT molecular complexity index is 455. The van der Waals surface area contributed by atoms with Crippen molar-refractivity contribution in [2.75, 3.05) is 26.0 Å². The molecule has 1 aromatic rings. The van der Waals surface area contributed by atoms with Crippen LogP contribution in [0.4, 0.5) is 0 Å². The summed E-state index contributed by atoms with van der Waals surface area (Å²) in [5, 5.41) is 1.02. The summed E-state index contributed by atoms with van der Waals surface area (Å²) in [5.41, 5.74) is 5.98. The zero-order valence-corrected chi connectivity index (χ0v) is 14.1. The molecule has 5 nitrogen and oxygen atoms in total. The minimum atomic E-state index is -2.63. The zero-order valence-electron chi connectivity index (χ0n) is 13.1. The van der Waals surface area contributed by atoms with Gasteiger partial charge in [-0.2, -0.15) is 0 Å². The van der Waals surface area contributed by atoms with Crippen LogP contribution < -0.4 is 10.9 Å². The van der Waals surface area contributed by atoms with Gasteiger partial charge in [-0.15, -0.1) is 0 Å². The van der Waals surface area contributed by atoms with Crippen LogP contribution in [-0.2, 0) is 18.4 Å². The van der Waals surface area contributed by atoms with Gasteiger partial charge in [0.05, 0.1) is 6.61 Å². The predicted molar refractivity (Wildman–Crippen MR) is 88.9 cm³/mol. The van der Waals surface area contributed by atoms with Crippen molar-refractivity contribution in [3.63, 3.8) is 0 Å². The Hall–Kier alpha value is -1.47. The first-order valence-electron chi connectivity index (χ1n) is 7.51. The summed E-state index contributed by atoms with van der Waals surface area (Å²) in [4.78, 5) is 11.0. The average Bonchev–Trinajstić information content (AvgIpc) is 2.58. The Kier molecular flexibility index (Phi) is 8.68. The maximum Gasteiger partial charge on any atom is 0.386 e. The van der Waals surface area contributed by atoms with Crippen LogP contribution in [-0.4, -0.2) is 40.5 Å². The molecule has 0 spiro atoms. The number of carbonyl (C=O) groups excluding carboxylic acids is 1. The summed E-state index contributed by atoms with van der Waals surface area (Å²) in [6, 6.07) is 9.85. The van der Waals surface area contributed by atoms with Gasteiger partial charge in [0.15, 0.2) is 0 Å². The lowest BCUT2D eigenvalue weighted by Gasteiger charge is -2.29. The van der Waals surface area contributed by atoms with E-state index in [-0.39, 0.29) is 0 Å². The molecule has 0 aromatic heterocycles. The molecular formula is C16H25NO4Si. The molecule has 1 atom stereocenters. The van der Waals surface area contributed by atoms with Crippen molar-refractivity contribution in [3.05, 3.63) is 43.0 Å². The molecule has 0 heterocycles. The SMILES string of the molecule is C=CC(=O)OCCCO[Si](CN)(OCCC)c1ccccc1. The van der Waals surface area contributed by atoms with Crippen LogP contribution in [0, 0.1) is 0 Å². The van der Waals surface area contributed by atoms with E-state index >= 15 is 0 Å². The van der Waals surface area contributed by atoms with Gasteiger partial charge in [0.25, 0.3) is 0 Å². The lowest BCUT2D eigenvalue weighted by Crippen LogP contribution is -2.60. The molecule has 0 aliphatic heterocycles.